The van der Waals surface area contributed by atoms with Crippen LogP contribution in [0.15, 0.2) is 35.2 Å². The van der Waals surface area contributed by atoms with Gasteiger partial charge in [0.15, 0.2) is 0 Å². The van der Waals surface area contributed by atoms with Crippen molar-refractivity contribution in [2.75, 3.05) is 0 Å². The molecule has 0 bridgehead atoms. The number of aromatic nitrogens is 1. The van der Waals surface area contributed by atoms with Crippen LogP contribution in [0, 0.1) is 0 Å². The number of hydrogen-bond acceptors (Lipinski definition) is 4. The molecule has 1 heterocycles. The van der Waals surface area contributed by atoms with E-state index >= 15 is 0 Å². The summed E-state index contributed by atoms with van der Waals surface area (Å²) < 4.78 is 27.5. The number of nitrogens with zero attached hydrogens (tertiary/aromatic N) is 1. The predicted molar refractivity (Wildman–Crippen MR) is 89.5 cm³/mol. The van der Waals surface area contributed by atoms with E-state index in [1.165, 1.54) is 22.5 Å². The van der Waals surface area contributed by atoms with Gasteiger partial charge in [0, 0.05) is 11.4 Å². The van der Waals surface area contributed by atoms with Crippen LogP contribution in [0.1, 0.15) is 42.5 Å². The molecule has 0 spiro atoms. The quantitative estimate of drug-likeness (QED) is 0.873. The Balaban J connectivity index is 1.73. The molecule has 2 atom stereocenters. The number of sulfonamides is 1. The summed E-state index contributed by atoms with van der Waals surface area (Å²) in [5, 5.41) is 1.78. The molecule has 4 nitrogen and oxygen atoms in total. The summed E-state index contributed by atoms with van der Waals surface area (Å²) in [5.41, 5.74) is 4.88. The molecule has 2 unspecified atom stereocenters. The number of fused-ring (bicyclic) bond motifs is 1. The van der Waals surface area contributed by atoms with Crippen LogP contribution in [0.25, 0.3) is 0 Å². The maximum Gasteiger partial charge on any atom is 0.217 e. The fourth-order valence-electron chi connectivity index (χ4n) is 3.07. The van der Waals surface area contributed by atoms with E-state index in [0.29, 0.717) is 11.6 Å². The van der Waals surface area contributed by atoms with Crippen molar-refractivity contribution in [3.8, 4) is 0 Å². The van der Waals surface area contributed by atoms with Crippen LogP contribution >= 0.6 is 11.3 Å². The Labute approximate surface area is 135 Å². The zero-order valence-electron chi connectivity index (χ0n) is 12.5. The molecular weight excluding hydrogens is 316 g/mol. The van der Waals surface area contributed by atoms with Crippen molar-refractivity contribution in [3.63, 3.8) is 0 Å². The zero-order chi connectivity index (χ0) is 15.6. The number of thiazole rings is 1. The molecule has 2 aromatic rings. The van der Waals surface area contributed by atoms with Gasteiger partial charge in [0.05, 0.1) is 11.2 Å². The van der Waals surface area contributed by atoms with E-state index in [1.807, 2.05) is 6.07 Å². The minimum atomic E-state index is -3.35. The Morgan fingerprint density at radius 2 is 2.14 bits per heavy atom. The summed E-state index contributed by atoms with van der Waals surface area (Å²) in [4.78, 5) is 4.06. The van der Waals surface area contributed by atoms with E-state index in [2.05, 4.69) is 34.8 Å². The smallest absolute Gasteiger partial charge is 0.217 e. The lowest BCUT2D eigenvalue weighted by atomic mass is 9.95. The number of hydrogen-bond donors (Lipinski definition) is 1. The molecule has 0 saturated carbocycles. The first-order valence-electron chi connectivity index (χ1n) is 7.48. The fraction of sp³-hybridized carbons (Fsp3) is 0.438. The van der Waals surface area contributed by atoms with Gasteiger partial charge in [-0.2, -0.15) is 0 Å². The molecule has 6 heteroatoms. The third-order valence-electron chi connectivity index (χ3n) is 4.17. The largest absolute Gasteiger partial charge is 0.249 e. The van der Waals surface area contributed by atoms with Gasteiger partial charge < -0.3 is 0 Å². The highest BCUT2D eigenvalue weighted by Crippen LogP contribution is 2.30. The molecule has 0 fully saturated rings. The molecule has 1 aliphatic rings. The van der Waals surface area contributed by atoms with Gasteiger partial charge in [0.1, 0.15) is 5.75 Å². The monoisotopic (exact) mass is 336 g/mol. The minimum absolute atomic E-state index is 0.0327. The summed E-state index contributed by atoms with van der Waals surface area (Å²) in [7, 11) is -3.35. The van der Waals surface area contributed by atoms with Gasteiger partial charge in [0.2, 0.25) is 10.0 Å². The van der Waals surface area contributed by atoms with E-state index in [0.717, 1.165) is 19.3 Å². The number of rotatable bonds is 4. The highest BCUT2D eigenvalue weighted by Gasteiger charge is 2.24. The van der Waals surface area contributed by atoms with Crippen molar-refractivity contribution in [3.05, 3.63) is 52.0 Å². The number of nitrogens with one attached hydrogen (secondary N) is 1. The lowest BCUT2D eigenvalue weighted by Crippen LogP contribution is -2.36. The van der Waals surface area contributed by atoms with Gasteiger partial charge in [-0.05, 0) is 36.3 Å². The Kier molecular flexibility index (Phi) is 4.61. The lowest BCUT2D eigenvalue weighted by Gasteiger charge is -2.16. The molecule has 118 valence electrons. The second-order valence-electron chi connectivity index (χ2n) is 5.93. The molecule has 22 heavy (non-hydrogen) atoms. The van der Waals surface area contributed by atoms with E-state index < -0.39 is 10.0 Å². The van der Waals surface area contributed by atoms with Crippen LogP contribution in [0.3, 0.4) is 0 Å². The van der Waals surface area contributed by atoms with E-state index in [9.17, 15) is 8.42 Å². The predicted octanol–water partition coefficient (Wildman–Crippen LogP) is 3.07. The molecule has 3 rings (SSSR count). The first-order valence-corrected chi connectivity index (χ1v) is 10.1. The van der Waals surface area contributed by atoms with Crippen molar-refractivity contribution in [2.24, 2.45) is 0 Å². The van der Waals surface area contributed by atoms with Gasteiger partial charge in [0.25, 0.3) is 0 Å². The fourth-order valence-corrected chi connectivity index (χ4v) is 5.08. The molecule has 1 aliphatic carbocycles. The average molecular weight is 336 g/mol. The summed E-state index contributed by atoms with van der Waals surface area (Å²) in [6.45, 7) is 2.21. The Morgan fingerprint density at radius 3 is 2.91 bits per heavy atom. The zero-order valence-corrected chi connectivity index (χ0v) is 14.2. The van der Waals surface area contributed by atoms with Crippen LogP contribution in [0.2, 0.25) is 0 Å². The maximum atomic E-state index is 12.3. The van der Waals surface area contributed by atoms with E-state index in [1.54, 1.807) is 10.9 Å². The summed E-state index contributed by atoms with van der Waals surface area (Å²) >= 11 is 1.42. The second kappa shape index (κ2) is 6.48. The lowest BCUT2D eigenvalue weighted by molar-refractivity contribution is 0.508. The molecule has 0 amide bonds. The first-order chi connectivity index (χ1) is 10.5. The molecule has 1 aromatic carbocycles. The van der Waals surface area contributed by atoms with Crippen molar-refractivity contribution in [2.45, 2.75) is 43.9 Å². The summed E-state index contributed by atoms with van der Waals surface area (Å²) in [6, 6.07) is 8.32. The minimum Gasteiger partial charge on any atom is -0.249 e. The van der Waals surface area contributed by atoms with Gasteiger partial charge in [-0.25, -0.2) is 18.1 Å². The Bertz CT molecular complexity index is 726. The Hall–Kier alpha value is -1.24. The molecule has 1 aromatic heterocycles. The van der Waals surface area contributed by atoms with Crippen molar-refractivity contribution >= 4 is 21.4 Å². The van der Waals surface area contributed by atoms with Crippen LogP contribution < -0.4 is 4.72 Å². The molecule has 0 radical (unpaired) electrons. The normalized spacial score (nSPS) is 22.0. The second-order valence-corrected chi connectivity index (χ2v) is 8.41. The number of benzene rings is 1. The summed E-state index contributed by atoms with van der Waals surface area (Å²) in [5.74, 6) is 0.439. The van der Waals surface area contributed by atoms with Crippen molar-refractivity contribution in [1.82, 2.24) is 9.71 Å². The van der Waals surface area contributed by atoms with Crippen molar-refractivity contribution < 1.29 is 8.42 Å². The van der Waals surface area contributed by atoms with Gasteiger partial charge in [-0.15, -0.1) is 11.3 Å². The molecule has 1 N–H and O–H groups in total. The van der Waals surface area contributed by atoms with E-state index in [4.69, 9.17) is 0 Å². The molecule has 0 saturated heterocycles. The standard InChI is InChI=1S/C16H20N2O2S2/c1-12-6-7-14(8-13-4-2-3-5-16(12)13)18-22(19,20)10-15-9-21-11-17-15/h2-5,9,11-12,14,18H,6-8,10H2,1H3. The topological polar surface area (TPSA) is 59.1 Å². The van der Waals surface area contributed by atoms with Crippen LogP contribution in [-0.4, -0.2) is 19.4 Å². The third kappa shape index (κ3) is 3.74. The SMILES string of the molecule is CC1CCC(NS(=O)(=O)Cc2cscn2)Cc2ccccc21. The third-order valence-corrected chi connectivity index (χ3v) is 6.17. The highest BCUT2D eigenvalue weighted by atomic mass is 32.2. The van der Waals surface area contributed by atoms with Gasteiger partial charge in [-0.3, -0.25) is 0 Å². The summed E-state index contributed by atoms with van der Waals surface area (Å²) in [6.07, 6.45) is 2.63. The first kappa shape index (κ1) is 15.6. The van der Waals surface area contributed by atoms with Gasteiger partial charge in [-0.1, -0.05) is 31.2 Å². The average Bonchev–Trinajstić information content (AvgIpc) is 2.91. The van der Waals surface area contributed by atoms with Gasteiger partial charge >= 0.3 is 0 Å². The highest BCUT2D eigenvalue weighted by molar-refractivity contribution is 7.88. The van der Waals surface area contributed by atoms with E-state index in [-0.39, 0.29) is 11.8 Å². The van der Waals surface area contributed by atoms with Crippen molar-refractivity contribution in [1.29, 1.82) is 0 Å². The molecule has 0 aliphatic heterocycles. The van der Waals surface area contributed by atoms with Crippen LogP contribution in [0.4, 0.5) is 0 Å². The van der Waals surface area contributed by atoms with Crippen LogP contribution in [0.5, 0.6) is 0 Å². The van der Waals surface area contributed by atoms with Crippen LogP contribution in [-0.2, 0) is 22.2 Å². The Morgan fingerprint density at radius 1 is 1.32 bits per heavy atom. The molecular formula is C16H20N2O2S2. The maximum absolute atomic E-state index is 12.3.